The summed E-state index contributed by atoms with van der Waals surface area (Å²) in [6, 6.07) is 7.76. The van der Waals surface area contributed by atoms with Crippen molar-refractivity contribution in [3.63, 3.8) is 0 Å². The van der Waals surface area contributed by atoms with E-state index in [0.717, 1.165) is 16.9 Å². The highest BCUT2D eigenvalue weighted by Crippen LogP contribution is 2.38. The fourth-order valence-electron chi connectivity index (χ4n) is 3.50. The van der Waals surface area contributed by atoms with Gasteiger partial charge in [-0.1, -0.05) is 0 Å². The second kappa shape index (κ2) is 10.1. The molecule has 0 atom stereocenters. The second-order valence-corrected chi connectivity index (χ2v) is 7.54. The molecule has 4 aromatic rings. The topological polar surface area (TPSA) is 117 Å². The molecule has 0 fully saturated rings. The van der Waals surface area contributed by atoms with Gasteiger partial charge in [0.05, 0.1) is 25.0 Å². The van der Waals surface area contributed by atoms with Crippen LogP contribution in [0.5, 0.6) is 11.6 Å². The molecule has 3 aromatic heterocycles. The number of carbonyl (C=O) groups is 1. The van der Waals surface area contributed by atoms with E-state index < -0.39 is 23.2 Å². The first-order valence-corrected chi connectivity index (χ1v) is 10.6. The number of nitrogens with zero attached hydrogens (tertiary/aromatic N) is 4. The van der Waals surface area contributed by atoms with E-state index in [2.05, 4.69) is 20.4 Å². The molecular formula is C23H20F4N6O3. The first-order valence-electron chi connectivity index (χ1n) is 10.6. The van der Waals surface area contributed by atoms with Crippen LogP contribution >= 0.6 is 0 Å². The second-order valence-electron chi connectivity index (χ2n) is 7.54. The summed E-state index contributed by atoms with van der Waals surface area (Å²) in [4.78, 5) is 20.5. The monoisotopic (exact) mass is 504 g/mol. The summed E-state index contributed by atoms with van der Waals surface area (Å²) in [5.41, 5.74) is 4.49. The molecule has 0 aliphatic carbocycles. The third-order valence-electron chi connectivity index (χ3n) is 5.16. The summed E-state index contributed by atoms with van der Waals surface area (Å²) < 4.78 is 65.5. The number of methoxy groups -OCH3 is 1. The van der Waals surface area contributed by atoms with Crippen LogP contribution in [-0.2, 0) is 6.18 Å². The van der Waals surface area contributed by atoms with Crippen LogP contribution in [0.1, 0.15) is 22.3 Å². The average molecular weight is 504 g/mol. The fraction of sp³-hybridized carbons (Fsp3) is 0.217. The van der Waals surface area contributed by atoms with Crippen molar-refractivity contribution >= 4 is 17.2 Å². The standard InChI is InChI=1S/C23H20F4N6O3/c1-35-22-16(21(34)29-7-2-8-36-15-5-3-14(24)4-6-15)9-13(11-30-22)18-10-17(23(25,26)27)19-20(28)31-12-32-33(18)19/h3-6,9-12H,2,7-8H2,1H3,(H,29,34)(H2,28,31,32). The summed E-state index contributed by atoms with van der Waals surface area (Å²) in [5, 5.41) is 6.59. The number of carbonyl (C=O) groups excluding carboxylic acids is 1. The minimum Gasteiger partial charge on any atom is -0.494 e. The summed E-state index contributed by atoms with van der Waals surface area (Å²) in [7, 11) is 1.32. The van der Waals surface area contributed by atoms with Crippen molar-refractivity contribution in [2.45, 2.75) is 12.6 Å². The molecule has 36 heavy (non-hydrogen) atoms. The highest BCUT2D eigenvalue weighted by Gasteiger charge is 2.36. The van der Waals surface area contributed by atoms with Gasteiger partial charge in [0, 0.05) is 18.3 Å². The Morgan fingerprint density at radius 2 is 1.92 bits per heavy atom. The zero-order chi connectivity index (χ0) is 25.9. The Kier molecular flexibility index (Phi) is 6.90. The smallest absolute Gasteiger partial charge is 0.418 e. The summed E-state index contributed by atoms with van der Waals surface area (Å²) in [6.45, 7) is 0.488. The number of hydrogen-bond donors (Lipinski definition) is 2. The molecule has 1 amide bonds. The molecule has 13 heteroatoms. The van der Waals surface area contributed by atoms with E-state index in [1.807, 2.05) is 0 Å². The average Bonchev–Trinajstić information content (AvgIpc) is 3.26. The van der Waals surface area contributed by atoms with E-state index in [1.54, 1.807) is 0 Å². The van der Waals surface area contributed by atoms with Crippen molar-refractivity contribution in [1.82, 2.24) is 24.9 Å². The number of nitrogen functional groups attached to an aromatic ring is 1. The van der Waals surface area contributed by atoms with Crippen LogP contribution < -0.4 is 20.5 Å². The number of rotatable bonds is 8. The molecule has 3 heterocycles. The zero-order valence-electron chi connectivity index (χ0n) is 18.8. The van der Waals surface area contributed by atoms with Crippen molar-refractivity contribution in [3.05, 3.63) is 65.9 Å². The van der Waals surface area contributed by atoms with Gasteiger partial charge < -0.3 is 20.5 Å². The van der Waals surface area contributed by atoms with E-state index in [-0.39, 0.29) is 47.5 Å². The number of nitrogens with one attached hydrogen (secondary N) is 1. The van der Waals surface area contributed by atoms with Gasteiger partial charge in [-0.25, -0.2) is 18.9 Å². The first-order chi connectivity index (χ1) is 17.2. The van der Waals surface area contributed by atoms with Crippen LogP contribution in [-0.4, -0.2) is 45.8 Å². The van der Waals surface area contributed by atoms with Crippen LogP contribution in [0.25, 0.3) is 16.8 Å². The van der Waals surface area contributed by atoms with E-state index in [4.69, 9.17) is 15.2 Å². The number of halogens is 4. The maximum Gasteiger partial charge on any atom is 0.418 e. The molecule has 0 aliphatic rings. The lowest BCUT2D eigenvalue weighted by Crippen LogP contribution is -2.26. The number of amides is 1. The van der Waals surface area contributed by atoms with Gasteiger partial charge in [0.2, 0.25) is 5.88 Å². The number of hydrogen-bond acceptors (Lipinski definition) is 7. The van der Waals surface area contributed by atoms with Gasteiger partial charge >= 0.3 is 6.18 Å². The molecule has 3 N–H and O–H groups in total. The molecule has 0 spiro atoms. The number of pyridine rings is 1. The number of nitrogens with two attached hydrogens (primary N) is 1. The van der Waals surface area contributed by atoms with Crippen LogP contribution in [0, 0.1) is 5.82 Å². The number of anilines is 1. The Morgan fingerprint density at radius 1 is 1.17 bits per heavy atom. The predicted molar refractivity (Wildman–Crippen MR) is 121 cm³/mol. The third kappa shape index (κ3) is 5.14. The van der Waals surface area contributed by atoms with E-state index in [1.165, 1.54) is 43.6 Å². The molecule has 0 bridgehead atoms. The summed E-state index contributed by atoms with van der Waals surface area (Å²) in [6.07, 6.45) is -1.97. The number of aromatic nitrogens is 4. The van der Waals surface area contributed by atoms with Gasteiger partial charge in [0.15, 0.2) is 5.82 Å². The Hall–Kier alpha value is -4.42. The predicted octanol–water partition coefficient (Wildman–Crippen LogP) is 3.74. The van der Waals surface area contributed by atoms with E-state index in [9.17, 15) is 22.4 Å². The molecule has 0 radical (unpaired) electrons. The normalized spacial score (nSPS) is 11.5. The van der Waals surface area contributed by atoms with Gasteiger partial charge in [0.25, 0.3) is 5.91 Å². The lowest BCUT2D eigenvalue weighted by molar-refractivity contribution is -0.136. The Balaban J connectivity index is 1.53. The zero-order valence-corrected chi connectivity index (χ0v) is 18.8. The minimum atomic E-state index is -4.71. The van der Waals surface area contributed by atoms with E-state index in [0.29, 0.717) is 12.2 Å². The minimum absolute atomic E-state index is 0.00939. The summed E-state index contributed by atoms with van der Waals surface area (Å²) in [5.74, 6) is -0.786. The van der Waals surface area contributed by atoms with Crippen molar-refractivity contribution in [2.24, 2.45) is 0 Å². The number of fused-ring (bicyclic) bond motifs is 1. The summed E-state index contributed by atoms with van der Waals surface area (Å²) >= 11 is 0. The first kappa shape index (κ1) is 24.7. The van der Waals surface area contributed by atoms with Crippen molar-refractivity contribution < 1.29 is 31.8 Å². The molecule has 1 aromatic carbocycles. The Bertz CT molecular complexity index is 1390. The molecule has 0 aliphatic heterocycles. The van der Waals surface area contributed by atoms with Crippen molar-refractivity contribution in [1.29, 1.82) is 0 Å². The van der Waals surface area contributed by atoms with Crippen molar-refractivity contribution in [3.8, 4) is 22.9 Å². The van der Waals surface area contributed by atoms with Gasteiger partial charge in [-0.15, -0.1) is 0 Å². The lowest BCUT2D eigenvalue weighted by atomic mass is 10.1. The quantitative estimate of drug-likeness (QED) is 0.277. The Labute approximate surface area is 201 Å². The number of ether oxygens (including phenoxy) is 2. The van der Waals surface area contributed by atoms with Crippen LogP contribution in [0.2, 0.25) is 0 Å². The fourth-order valence-corrected chi connectivity index (χ4v) is 3.50. The molecule has 9 nitrogen and oxygen atoms in total. The maximum absolute atomic E-state index is 13.6. The molecule has 0 unspecified atom stereocenters. The lowest BCUT2D eigenvalue weighted by Gasteiger charge is -2.11. The number of benzene rings is 1. The van der Waals surface area contributed by atoms with Gasteiger partial charge in [-0.3, -0.25) is 4.79 Å². The van der Waals surface area contributed by atoms with E-state index >= 15 is 0 Å². The van der Waals surface area contributed by atoms with Gasteiger partial charge in [-0.05, 0) is 42.8 Å². The third-order valence-corrected chi connectivity index (χ3v) is 5.16. The SMILES string of the molecule is COc1ncc(-c2cc(C(F)(F)F)c3c(N)ncnn23)cc1C(=O)NCCCOc1ccc(F)cc1. The molecule has 4 rings (SSSR count). The number of alkyl halides is 3. The maximum atomic E-state index is 13.6. The molecule has 0 saturated heterocycles. The highest BCUT2D eigenvalue weighted by atomic mass is 19.4. The van der Waals surface area contributed by atoms with Crippen LogP contribution in [0.4, 0.5) is 23.4 Å². The molecular weight excluding hydrogens is 484 g/mol. The van der Waals surface area contributed by atoms with Crippen LogP contribution in [0.3, 0.4) is 0 Å². The van der Waals surface area contributed by atoms with Gasteiger partial charge in [-0.2, -0.15) is 18.3 Å². The van der Waals surface area contributed by atoms with Crippen molar-refractivity contribution in [2.75, 3.05) is 26.0 Å². The molecule has 188 valence electrons. The largest absolute Gasteiger partial charge is 0.494 e. The van der Waals surface area contributed by atoms with Crippen LogP contribution in [0.15, 0.2) is 48.9 Å². The highest BCUT2D eigenvalue weighted by molar-refractivity contribution is 5.97. The Morgan fingerprint density at radius 3 is 2.61 bits per heavy atom. The molecule has 0 saturated carbocycles. The van der Waals surface area contributed by atoms with Gasteiger partial charge in [0.1, 0.15) is 29.0 Å².